The average molecular weight is 310 g/mol. The first-order chi connectivity index (χ1) is 9.85. The molecule has 6 heteroatoms. The average Bonchev–Trinajstić information content (AvgIpc) is 2.76. The van der Waals surface area contributed by atoms with Gasteiger partial charge in [0.2, 0.25) is 15.9 Å². The summed E-state index contributed by atoms with van der Waals surface area (Å²) in [6.45, 7) is 2.51. The van der Waals surface area contributed by atoms with Crippen LogP contribution in [-0.2, 0) is 21.2 Å². The number of benzene rings is 1. The fourth-order valence-corrected chi connectivity index (χ4v) is 3.73. The van der Waals surface area contributed by atoms with Crippen LogP contribution in [0.3, 0.4) is 0 Å². The normalized spacial score (nSPS) is 20.8. The van der Waals surface area contributed by atoms with Crippen molar-refractivity contribution in [3.8, 4) is 0 Å². The van der Waals surface area contributed by atoms with E-state index in [1.807, 2.05) is 25.1 Å². The molecule has 1 aromatic rings. The maximum Gasteiger partial charge on any atom is 0.223 e. The van der Waals surface area contributed by atoms with E-state index in [-0.39, 0.29) is 30.0 Å². The number of carbonyl (C=O) groups excluding carboxylic acids is 1. The molecule has 0 aliphatic carbocycles. The number of rotatable bonds is 6. The van der Waals surface area contributed by atoms with E-state index in [1.54, 1.807) is 4.90 Å². The fraction of sp³-hybridized carbons (Fsp3) is 0.533. The lowest BCUT2D eigenvalue weighted by Gasteiger charge is -2.25. The molecule has 0 radical (unpaired) electrons. The minimum absolute atomic E-state index is 0.0317. The van der Waals surface area contributed by atoms with Crippen molar-refractivity contribution in [2.45, 2.75) is 32.2 Å². The van der Waals surface area contributed by atoms with Gasteiger partial charge < -0.3 is 4.90 Å². The maximum absolute atomic E-state index is 12.0. The Morgan fingerprint density at radius 3 is 2.62 bits per heavy atom. The third-order valence-electron chi connectivity index (χ3n) is 3.93. The second-order valence-corrected chi connectivity index (χ2v) is 7.48. The minimum atomic E-state index is -3.51. The highest BCUT2D eigenvalue weighted by Gasteiger charge is 2.34. The van der Waals surface area contributed by atoms with Crippen molar-refractivity contribution in [1.82, 2.24) is 4.90 Å². The molecule has 116 valence electrons. The van der Waals surface area contributed by atoms with Crippen molar-refractivity contribution in [2.24, 2.45) is 11.1 Å². The third-order valence-corrected chi connectivity index (χ3v) is 4.87. The first-order valence-electron chi connectivity index (χ1n) is 7.19. The summed E-state index contributed by atoms with van der Waals surface area (Å²) in [5.74, 6) is -0.253. The Balaban J connectivity index is 1.88. The molecular formula is C15H22N2O3S. The van der Waals surface area contributed by atoms with Gasteiger partial charge in [0.25, 0.3) is 0 Å². The van der Waals surface area contributed by atoms with Crippen LogP contribution < -0.4 is 5.14 Å². The number of amides is 1. The molecule has 5 nitrogen and oxygen atoms in total. The summed E-state index contributed by atoms with van der Waals surface area (Å²) in [5, 5.41) is 5.06. The van der Waals surface area contributed by atoms with Crippen LogP contribution in [0.1, 0.15) is 25.3 Å². The number of hydrogen-bond donors (Lipinski definition) is 1. The van der Waals surface area contributed by atoms with Gasteiger partial charge in [-0.25, -0.2) is 13.6 Å². The van der Waals surface area contributed by atoms with Crippen LogP contribution in [0.25, 0.3) is 0 Å². The van der Waals surface area contributed by atoms with Crippen LogP contribution in [0.4, 0.5) is 0 Å². The van der Waals surface area contributed by atoms with Crippen molar-refractivity contribution in [2.75, 3.05) is 12.3 Å². The first-order valence-corrected chi connectivity index (χ1v) is 8.90. The number of sulfonamides is 1. The van der Waals surface area contributed by atoms with Crippen LogP contribution in [0.5, 0.6) is 0 Å². The van der Waals surface area contributed by atoms with Crippen LogP contribution in [0, 0.1) is 5.92 Å². The Morgan fingerprint density at radius 2 is 2.00 bits per heavy atom. The highest BCUT2D eigenvalue weighted by atomic mass is 32.2. The third kappa shape index (κ3) is 4.82. The van der Waals surface area contributed by atoms with Crippen molar-refractivity contribution in [1.29, 1.82) is 0 Å². The fourth-order valence-electron chi connectivity index (χ4n) is 2.85. The number of hydrogen-bond acceptors (Lipinski definition) is 3. The van der Waals surface area contributed by atoms with E-state index in [4.69, 9.17) is 5.14 Å². The van der Waals surface area contributed by atoms with Gasteiger partial charge in [0.1, 0.15) is 0 Å². The van der Waals surface area contributed by atoms with Gasteiger partial charge in [-0.3, -0.25) is 4.79 Å². The lowest BCUT2D eigenvalue weighted by molar-refractivity contribution is -0.129. The highest BCUT2D eigenvalue weighted by molar-refractivity contribution is 7.89. The monoisotopic (exact) mass is 310 g/mol. The highest BCUT2D eigenvalue weighted by Crippen LogP contribution is 2.23. The molecule has 21 heavy (non-hydrogen) atoms. The predicted molar refractivity (Wildman–Crippen MR) is 82.0 cm³/mol. The number of primary sulfonamides is 1. The van der Waals surface area contributed by atoms with Crippen LogP contribution in [0.15, 0.2) is 30.3 Å². The number of aryl methyl sites for hydroxylation is 1. The van der Waals surface area contributed by atoms with E-state index in [2.05, 4.69) is 12.1 Å². The Hall–Kier alpha value is -1.40. The van der Waals surface area contributed by atoms with Crippen molar-refractivity contribution >= 4 is 15.9 Å². The molecule has 1 fully saturated rings. The summed E-state index contributed by atoms with van der Waals surface area (Å²) in [4.78, 5) is 13.8. The molecule has 1 amide bonds. The smallest absolute Gasteiger partial charge is 0.223 e. The van der Waals surface area contributed by atoms with Crippen LogP contribution >= 0.6 is 0 Å². The molecule has 1 saturated heterocycles. The predicted octanol–water partition coefficient (Wildman–Crippen LogP) is 1.14. The molecule has 0 aromatic heterocycles. The summed E-state index contributed by atoms with van der Waals surface area (Å²) >= 11 is 0. The van der Waals surface area contributed by atoms with Gasteiger partial charge in [-0.2, -0.15) is 0 Å². The molecule has 0 bridgehead atoms. The molecule has 2 N–H and O–H groups in total. The van der Waals surface area contributed by atoms with Gasteiger partial charge in [0.05, 0.1) is 5.75 Å². The summed E-state index contributed by atoms with van der Waals surface area (Å²) in [5.41, 5.74) is 1.25. The molecular weight excluding hydrogens is 288 g/mol. The number of likely N-dealkylation sites (tertiary alicyclic amines) is 1. The van der Waals surface area contributed by atoms with E-state index in [0.717, 1.165) is 12.8 Å². The Morgan fingerprint density at radius 1 is 1.33 bits per heavy atom. The first kappa shape index (κ1) is 16.0. The van der Waals surface area contributed by atoms with Crippen molar-refractivity contribution in [3.63, 3.8) is 0 Å². The SMILES string of the molecule is CC(CCc1ccccc1)N1CC(CS(N)(=O)=O)CC1=O. The van der Waals surface area contributed by atoms with Gasteiger partial charge in [0, 0.05) is 24.9 Å². The molecule has 2 atom stereocenters. The van der Waals surface area contributed by atoms with Crippen molar-refractivity contribution < 1.29 is 13.2 Å². The Kier molecular flexibility index (Phi) is 5.00. The quantitative estimate of drug-likeness (QED) is 0.855. The molecule has 1 aromatic carbocycles. The number of nitrogens with zero attached hydrogens (tertiary/aromatic N) is 1. The van der Waals surface area contributed by atoms with E-state index in [1.165, 1.54) is 5.56 Å². The summed E-state index contributed by atoms with van der Waals surface area (Å²) < 4.78 is 22.3. The second kappa shape index (κ2) is 6.58. The molecule has 2 rings (SSSR count). The van der Waals surface area contributed by atoms with E-state index in [0.29, 0.717) is 6.54 Å². The standard InChI is InChI=1S/C15H22N2O3S/c1-12(7-8-13-5-3-2-4-6-13)17-10-14(9-15(17)18)11-21(16,19)20/h2-6,12,14H,7-11H2,1H3,(H2,16,19,20). The molecule has 0 saturated carbocycles. The Labute approximate surface area is 126 Å². The van der Waals surface area contributed by atoms with Crippen LogP contribution in [0.2, 0.25) is 0 Å². The minimum Gasteiger partial charge on any atom is -0.340 e. The molecule has 2 unspecified atom stereocenters. The lowest BCUT2D eigenvalue weighted by atomic mass is 10.1. The van der Waals surface area contributed by atoms with E-state index >= 15 is 0 Å². The Bertz CT molecular complexity index is 586. The second-order valence-electron chi connectivity index (χ2n) is 5.82. The molecule has 1 aliphatic heterocycles. The zero-order valence-electron chi connectivity index (χ0n) is 12.2. The number of carbonyl (C=O) groups is 1. The van der Waals surface area contributed by atoms with Gasteiger partial charge in [-0.15, -0.1) is 0 Å². The largest absolute Gasteiger partial charge is 0.340 e. The van der Waals surface area contributed by atoms with Gasteiger partial charge in [-0.05, 0) is 25.3 Å². The summed E-state index contributed by atoms with van der Waals surface area (Å²) in [7, 11) is -3.51. The van der Waals surface area contributed by atoms with Crippen LogP contribution in [-0.4, -0.2) is 37.6 Å². The lowest BCUT2D eigenvalue weighted by Crippen LogP contribution is -2.35. The van der Waals surface area contributed by atoms with Gasteiger partial charge in [-0.1, -0.05) is 30.3 Å². The van der Waals surface area contributed by atoms with Gasteiger partial charge >= 0.3 is 0 Å². The van der Waals surface area contributed by atoms with E-state index < -0.39 is 10.0 Å². The summed E-state index contributed by atoms with van der Waals surface area (Å²) in [6, 6.07) is 10.2. The van der Waals surface area contributed by atoms with E-state index in [9.17, 15) is 13.2 Å². The number of nitrogens with two attached hydrogens (primary N) is 1. The molecule has 1 heterocycles. The maximum atomic E-state index is 12.0. The molecule has 1 aliphatic rings. The summed E-state index contributed by atoms with van der Waals surface area (Å²) in [6.07, 6.45) is 2.07. The van der Waals surface area contributed by atoms with Crippen molar-refractivity contribution in [3.05, 3.63) is 35.9 Å². The zero-order chi connectivity index (χ0) is 15.5. The zero-order valence-corrected chi connectivity index (χ0v) is 13.1. The molecule has 0 spiro atoms. The topological polar surface area (TPSA) is 80.5 Å². The van der Waals surface area contributed by atoms with Gasteiger partial charge in [0.15, 0.2) is 0 Å².